The van der Waals surface area contributed by atoms with Crippen LogP contribution in [-0.4, -0.2) is 19.1 Å². The zero-order valence-corrected chi connectivity index (χ0v) is 7.63. The summed E-state index contributed by atoms with van der Waals surface area (Å²) in [4.78, 5) is 0. The number of anilines is 1. The maximum absolute atomic E-state index is 12.3. The molecule has 0 spiro atoms. The summed E-state index contributed by atoms with van der Waals surface area (Å²) >= 11 is 0. The van der Waals surface area contributed by atoms with E-state index in [-0.39, 0.29) is 5.56 Å². The van der Waals surface area contributed by atoms with Crippen molar-refractivity contribution in [2.24, 2.45) is 0 Å². The zero-order valence-electron chi connectivity index (χ0n) is 7.63. The van der Waals surface area contributed by atoms with Gasteiger partial charge in [0.2, 0.25) is 0 Å². The predicted molar refractivity (Wildman–Crippen MR) is 51.7 cm³/mol. The van der Waals surface area contributed by atoms with Gasteiger partial charge in [-0.2, -0.15) is 0 Å². The Kier molecular flexibility index (Phi) is 2.63. The van der Waals surface area contributed by atoms with Crippen molar-refractivity contribution < 1.29 is 8.78 Å². The van der Waals surface area contributed by atoms with Crippen molar-refractivity contribution >= 4 is 5.69 Å². The van der Waals surface area contributed by atoms with E-state index < -0.39 is 6.43 Å². The molecule has 1 fully saturated rings. The van der Waals surface area contributed by atoms with Crippen molar-refractivity contribution in [3.05, 3.63) is 29.8 Å². The molecule has 0 saturated carbocycles. The molecule has 1 aromatic carbocycles. The highest BCUT2D eigenvalue weighted by atomic mass is 19.3. The van der Waals surface area contributed by atoms with E-state index in [0.717, 1.165) is 18.8 Å². The van der Waals surface area contributed by atoms with Gasteiger partial charge in [0.15, 0.2) is 0 Å². The monoisotopic (exact) mass is 198 g/mol. The molecule has 2 rings (SSSR count). The molecule has 2 N–H and O–H groups in total. The average Bonchev–Trinajstić information content (AvgIpc) is 2.12. The van der Waals surface area contributed by atoms with Crippen LogP contribution in [0.15, 0.2) is 24.3 Å². The maximum Gasteiger partial charge on any atom is 0.263 e. The Bertz CT molecular complexity index is 311. The minimum atomic E-state index is -2.39. The van der Waals surface area contributed by atoms with Gasteiger partial charge >= 0.3 is 0 Å². The zero-order chi connectivity index (χ0) is 9.97. The molecule has 0 unspecified atom stereocenters. The standard InChI is InChI=1S/C10H12F2N2/c11-10(12)7-2-1-3-8(4-7)14-9-5-13-6-9/h1-4,9-10,13-14H,5-6H2. The van der Waals surface area contributed by atoms with Crippen molar-refractivity contribution in [2.75, 3.05) is 18.4 Å². The number of alkyl halides is 2. The Morgan fingerprint density at radius 2 is 2.14 bits per heavy atom. The first kappa shape index (κ1) is 9.40. The Morgan fingerprint density at radius 3 is 2.71 bits per heavy atom. The van der Waals surface area contributed by atoms with Gasteiger partial charge in [-0.25, -0.2) is 8.78 Å². The van der Waals surface area contributed by atoms with Crippen LogP contribution in [0, 0.1) is 0 Å². The molecule has 14 heavy (non-hydrogen) atoms. The van der Waals surface area contributed by atoms with Crippen LogP contribution in [0.4, 0.5) is 14.5 Å². The lowest BCUT2D eigenvalue weighted by Crippen LogP contribution is -2.51. The van der Waals surface area contributed by atoms with Crippen molar-refractivity contribution in [1.82, 2.24) is 5.32 Å². The Labute approximate surface area is 81.3 Å². The third-order valence-corrected chi connectivity index (χ3v) is 2.29. The number of hydrogen-bond acceptors (Lipinski definition) is 2. The highest BCUT2D eigenvalue weighted by molar-refractivity contribution is 5.47. The fourth-order valence-corrected chi connectivity index (χ4v) is 1.39. The fourth-order valence-electron chi connectivity index (χ4n) is 1.39. The molecule has 76 valence electrons. The second kappa shape index (κ2) is 3.92. The van der Waals surface area contributed by atoms with Crippen LogP contribution in [0.2, 0.25) is 0 Å². The average molecular weight is 198 g/mol. The summed E-state index contributed by atoms with van der Waals surface area (Å²) in [6.07, 6.45) is -2.39. The molecule has 2 nitrogen and oxygen atoms in total. The van der Waals surface area contributed by atoms with Crippen molar-refractivity contribution in [2.45, 2.75) is 12.5 Å². The highest BCUT2D eigenvalue weighted by Gasteiger charge is 2.16. The van der Waals surface area contributed by atoms with E-state index >= 15 is 0 Å². The van der Waals surface area contributed by atoms with Gasteiger partial charge in [-0.1, -0.05) is 12.1 Å². The van der Waals surface area contributed by atoms with E-state index in [1.807, 2.05) is 6.07 Å². The number of hydrogen-bond donors (Lipinski definition) is 2. The molecule has 0 bridgehead atoms. The van der Waals surface area contributed by atoms with E-state index in [1.165, 1.54) is 12.1 Å². The lowest BCUT2D eigenvalue weighted by Gasteiger charge is -2.29. The number of rotatable bonds is 3. The first-order valence-corrected chi connectivity index (χ1v) is 4.61. The molecule has 0 amide bonds. The largest absolute Gasteiger partial charge is 0.380 e. The summed E-state index contributed by atoms with van der Waals surface area (Å²) in [5.41, 5.74) is 0.844. The molecule has 0 radical (unpaired) electrons. The molecule has 4 heteroatoms. The first-order chi connectivity index (χ1) is 6.75. The van der Waals surface area contributed by atoms with Crippen LogP contribution in [0.1, 0.15) is 12.0 Å². The Hall–Kier alpha value is -1.16. The van der Waals surface area contributed by atoms with Crippen LogP contribution >= 0.6 is 0 Å². The molecule has 1 aliphatic rings. The normalized spacial score (nSPS) is 16.8. The minimum Gasteiger partial charge on any atom is -0.380 e. The highest BCUT2D eigenvalue weighted by Crippen LogP contribution is 2.22. The third-order valence-electron chi connectivity index (χ3n) is 2.29. The van der Waals surface area contributed by atoms with Gasteiger partial charge in [0.1, 0.15) is 0 Å². The van der Waals surface area contributed by atoms with Crippen molar-refractivity contribution in [1.29, 1.82) is 0 Å². The van der Waals surface area contributed by atoms with E-state index in [4.69, 9.17) is 0 Å². The van der Waals surface area contributed by atoms with Crippen LogP contribution in [0.25, 0.3) is 0 Å². The first-order valence-electron chi connectivity index (χ1n) is 4.61. The summed E-state index contributed by atoms with van der Waals surface area (Å²) in [6.45, 7) is 1.80. The maximum atomic E-state index is 12.3. The van der Waals surface area contributed by atoms with Crippen molar-refractivity contribution in [3.63, 3.8) is 0 Å². The van der Waals surface area contributed by atoms with Crippen molar-refractivity contribution in [3.8, 4) is 0 Å². The van der Waals surface area contributed by atoms with Gasteiger partial charge < -0.3 is 10.6 Å². The van der Waals surface area contributed by atoms with Gasteiger partial charge in [0.05, 0.1) is 6.04 Å². The molecule has 0 aliphatic carbocycles. The lowest BCUT2D eigenvalue weighted by molar-refractivity contribution is 0.151. The topological polar surface area (TPSA) is 24.1 Å². The van der Waals surface area contributed by atoms with Gasteiger partial charge in [0, 0.05) is 24.3 Å². The van der Waals surface area contributed by atoms with Crippen LogP contribution in [-0.2, 0) is 0 Å². The number of nitrogens with one attached hydrogen (secondary N) is 2. The molecule has 1 heterocycles. The second-order valence-corrected chi connectivity index (χ2v) is 3.43. The smallest absolute Gasteiger partial charge is 0.263 e. The summed E-state index contributed by atoms with van der Waals surface area (Å²) in [7, 11) is 0. The van der Waals surface area contributed by atoms with E-state index in [2.05, 4.69) is 10.6 Å². The van der Waals surface area contributed by atoms with E-state index in [9.17, 15) is 8.78 Å². The second-order valence-electron chi connectivity index (χ2n) is 3.43. The van der Waals surface area contributed by atoms with Crippen LogP contribution in [0.5, 0.6) is 0 Å². The van der Waals surface area contributed by atoms with E-state index in [0.29, 0.717) is 6.04 Å². The number of halogens is 2. The van der Waals surface area contributed by atoms with Crippen LogP contribution < -0.4 is 10.6 Å². The Balaban J connectivity index is 2.05. The molecule has 1 saturated heterocycles. The van der Waals surface area contributed by atoms with Crippen LogP contribution in [0.3, 0.4) is 0 Å². The SMILES string of the molecule is FC(F)c1cccc(NC2CNC2)c1. The van der Waals surface area contributed by atoms with Gasteiger partial charge in [-0.15, -0.1) is 0 Å². The third kappa shape index (κ3) is 2.01. The quantitative estimate of drug-likeness (QED) is 0.776. The molecule has 1 aromatic rings. The molecule has 0 atom stereocenters. The van der Waals surface area contributed by atoms with E-state index in [1.54, 1.807) is 6.07 Å². The predicted octanol–water partition coefficient (Wildman–Crippen LogP) is 2.01. The molecule has 0 aromatic heterocycles. The Morgan fingerprint density at radius 1 is 1.36 bits per heavy atom. The summed E-state index contributed by atoms with van der Waals surface area (Å²) < 4.78 is 24.7. The van der Waals surface area contributed by atoms with Gasteiger partial charge in [-0.05, 0) is 12.1 Å². The molecular formula is C10H12F2N2. The summed E-state index contributed by atoms with van der Waals surface area (Å²) in [6, 6.07) is 6.78. The number of benzene rings is 1. The fraction of sp³-hybridized carbons (Fsp3) is 0.400. The van der Waals surface area contributed by atoms with Gasteiger partial charge in [-0.3, -0.25) is 0 Å². The minimum absolute atomic E-state index is 0.0716. The lowest BCUT2D eigenvalue weighted by atomic mass is 10.1. The summed E-state index contributed by atoms with van der Waals surface area (Å²) in [5, 5.41) is 6.29. The van der Waals surface area contributed by atoms with Gasteiger partial charge in [0.25, 0.3) is 6.43 Å². The molecule has 1 aliphatic heterocycles. The molecular weight excluding hydrogens is 186 g/mol. The summed E-state index contributed by atoms with van der Waals surface area (Å²) in [5.74, 6) is 0.